The quantitative estimate of drug-likeness (QED) is 0.877. The van der Waals surface area contributed by atoms with E-state index in [-0.39, 0.29) is 12.5 Å². The first-order chi connectivity index (χ1) is 10.2. The summed E-state index contributed by atoms with van der Waals surface area (Å²) in [5.41, 5.74) is 0.729. The van der Waals surface area contributed by atoms with Gasteiger partial charge in [0.2, 0.25) is 5.91 Å². The molecule has 2 aromatic heterocycles. The number of carbonyl (C=O) groups excluding carboxylic acids is 1. The van der Waals surface area contributed by atoms with Gasteiger partial charge in [0.25, 0.3) is 0 Å². The van der Waals surface area contributed by atoms with Crippen LogP contribution in [0.25, 0.3) is 11.0 Å². The van der Waals surface area contributed by atoms with Crippen molar-refractivity contribution in [3.05, 3.63) is 28.5 Å². The number of thiazole rings is 1. The van der Waals surface area contributed by atoms with E-state index in [2.05, 4.69) is 4.98 Å². The number of aromatic nitrogens is 2. The molecule has 0 saturated carbocycles. The minimum Gasteiger partial charge on any atom is -0.396 e. The predicted molar refractivity (Wildman–Crippen MR) is 83.5 cm³/mol. The van der Waals surface area contributed by atoms with Crippen LogP contribution in [0.4, 0.5) is 0 Å². The maximum Gasteiger partial charge on any atom is 0.246 e. The molecule has 112 valence electrons. The molecule has 3 rings (SSSR count). The van der Waals surface area contributed by atoms with Crippen molar-refractivity contribution in [2.75, 3.05) is 19.7 Å². The van der Waals surface area contributed by atoms with Crippen LogP contribution in [0.3, 0.4) is 0 Å². The van der Waals surface area contributed by atoms with Gasteiger partial charge in [-0.2, -0.15) is 0 Å². The van der Waals surface area contributed by atoms with Crippen molar-refractivity contribution < 1.29 is 9.90 Å². The summed E-state index contributed by atoms with van der Waals surface area (Å²) in [7, 11) is 0. The molecule has 0 radical (unpaired) electrons. The topological polar surface area (TPSA) is 57.8 Å². The Bertz CT molecular complexity index is 679. The second-order valence-electron chi connectivity index (χ2n) is 5.13. The van der Waals surface area contributed by atoms with Crippen molar-refractivity contribution in [2.24, 2.45) is 5.92 Å². The summed E-state index contributed by atoms with van der Waals surface area (Å²) in [6.07, 6.45) is 6.88. The number of hydrogen-bond donors (Lipinski definition) is 1. The fourth-order valence-electron chi connectivity index (χ4n) is 2.63. The highest BCUT2D eigenvalue weighted by Gasteiger charge is 2.24. The molecule has 0 spiro atoms. The summed E-state index contributed by atoms with van der Waals surface area (Å²) in [5, 5.41) is 11.3. The number of halogens is 1. The van der Waals surface area contributed by atoms with Crippen LogP contribution in [0.5, 0.6) is 0 Å². The number of aliphatic hydroxyl groups excluding tert-OH is 1. The molecule has 1 amide bonds. The van der Waals surface area contributed by atoms with Crippen LogP contribution in [0.15, 0.2) is 17.7 Å². The van der Waals surface area contributed by atoms with Gasteiger partial charge in [0.05, 0.1) is 5.69 Å². The zero-order valence-electron chi connectivity index (χ0n) is 11.4. The number of nitrogens with zero attached hydrogens (tertiary/aromatic N) is 3. The number of likely N-dealkylation sites (tertiary alicyclic amines) is 1. The summed E-state index contributed by atoms with van der Waals surface area (Å²) < 4.78 is 1.87. The average Bonchev–Trinajstić information content (AvgIpc) is 3.13. The van der Waals surface area contributed by atoms with Crippen LogP contribution in [-0.2, 0) is 4.79 Å². The Balaban J connectivity index is 1.70. The van der Waals surface area contributed by atoms with Gasteiger partial charge in [-0.3, -0.25) is 9.20 Å². The zero-order valence-corrected chi connectivity index (χ0v) is 13.0. The Morgan fingerprint density at radius 2 is 2.48 bits per heavy atom. The maximum absolute atomic E-state index is 12.2. The van der Waals surface area contributed by atoms with E-state index in [9.17, 15) is 4.79 Å². The second kappa shape index (κ2) is 6.17. The third-order valence-corrected chi connectivity index (χ3v) is 4.81. The number of rotatable bonds is 4. The molecular weight excluding hydrogens is 310 g/mol. The lowest BCUT2D eigenvalue weighted by Crippen LogP contribution is -2.26. The fraction of sp³-hybridized carbons (Fsp3) is 0.429. The molecule has 0 aromatic carbocycles. The Morgan fingerprint density at radius 1 is 1.62 bits per heavy atom. The Morgan fingerprint density at radius 3 is 3.29 bits per heavy atom. The average molecular weight is 326 g/mol. The van der Waals surface area contributed by atoms with E-state index in [4.69, 9.17) is 16.7 Å². The molecule has 1 aliphatic rings. The molecule has 21 heavy (non-hydrogen) atoms. The molecule has 1 unspecified atom stereocenters. The van der Waals surface area contributed by atoms with Crippen LogP contribution < -0.4 is 0 Å². The number of imidazole rings is 1. The SMILES string of the molecule is O=C(/C=C/c1c(Cl)nc2sccn12)N1CCC(CCO)C1. The van der Waals surface area contributed by atoms with E-state index < -0.39 is 0 Å². The molecule has 0 aliphatic carbocycles. The van der Waals surface area contributed by atoms with E-state index in [1.807, 2.05) is 20.9 Å². The van der Waals surface area contributed by atoms with Crippen LogP contribution >= 0.6 is 22.9 Å². The fourth-order valence-corrected chi connectivity index (χ4v) is 3.64. The standard InChI is InChI=1S/C14H16ClN3O2S/c15-13-11(18-6-8-21-14(18)16-13)1-2-12(20)17-5-3-10(9-17)4-7-19/h1-2,6,8,10,19H,3-5,7,9H2/b2-1+. The van der Waals surface area contributed by atoms with Gasteiger partial charge in [0.1, 0.15) is 0 Å². The highest BCUT2D eigenvalue weighted by atomic mass is 35.5. The summed E-state index contributed by atoms with van der Waals surface area (Å²) in [5.74, 6) is 0.395. The molecule has 1 saturated heterocycles. The number of fused-ring (bicyclic) bond motifs is 1. The molecule has 1 N–H and O–H groups in total. The van der Waals surface area contributed by atoms with Crippen molar-refractivity contribution >= 4 is 39.9 Å². The van der Waals surface area contributed by atoms with Gasteiger partial charge in [-0.15, -0.1) is 11.3 Å². The minimum atomic E-state index is -0.0170. The van der Waals surface area contributed by atoms with Crippen molar-refractivity contribution in [1.82, 2.24) is 14.3 Å². The molecule has 1 atom stereocenters. The second-order valence-corrected chi connectivity index (χ2v) is 6.36. The summed E-state index contributed by atoms with van der Waals surface area (Å²) in [6, 6.07) is 0. The number of amides is 1. The third-order valence-electron chi connectivity index (χ3n) is 3.77. The van der Waals surface area contributed by atoms with Crippen molar-refractivity contribution in [2.45, 2.75) is 12.8 Å². The lowest BCUT2D eigenvalue weighted by atomic mass is 10.1. The van der Waals surface area contributed by atoms with E-state index in [0.29, 0.717) is 11.1 Å². The van der Waals surface area contributed by atoms with Crippen molar-refractivity contribution in [1.29, 1.82) is 0 Å². The summed E-state index contributed by atoms with van der Waals surface area (Å²) in [4.78, 5) is 19.0. The van der Waals surface area contributed by atoms with Gasteiger partial charge in [-0.1, -0.05) is 11.6 Å². The lowest BCUT2D eigenvalue weighted by Gasteiger charge is -2.13. The normalized spacial score (nSPS) is 19.1. The first kappa shape index (κ1) is 14.6. The van der Waals surface area contributed by atoms with Gasteiger partial charge < -0.3 is 10.0 Å². The number of hydrogen-bond acceptors (Lipinski definition) is 4. The van der Waals surface area contributed by atoms with E-state index >= 15 is 0 Å². The smallest absolute Gasteiger partial charge is 0.246 e. The first-order valence-electron chi connectivity index (χ1n) is 6.88. The third kappa shape index (κ3) is 2.97. The van der Waals surface area contributed by atoms with Gasteiger partial charge in [-0.25, -0.2) is 4.98 Å². The largest absolute Gasteiger partial charge is 0.396 e. The molecule has 7 heteroatoms. The highest BCUT2D eigenvalue weighted by Crippen LogP contribution is 2.23. The van der Waals surface area contributed by atoms with Gasteiger partial charge in [0, 0.05) is 37.3 Å². The molecule has 0 bridgehead atoms. The van der Waals surface area contributed by atoms with Gasteiger partial charge in [0.15, 0.2) is 10.1 Å². The summed E-state index contributed by atoms with van der Waals surface area (Å²) in [6.45, 7) is 1.66. The van der Waals surface area contributed by atoms with Crippen molar-refractivity contribution in [3.63, 3.8) is 0 Å². The Kier molecular flexibility index (Phi) is 4.28. The van der Waals surface area contributed by atoms with Crippen LogP contribution in [0.1, 0.15) is 18.5 Å². The minimum absolute atomic E-state index is 0.0170. The molecule has 1 fully saturated rings. The Labute approximate surface area is 131 Å². The maximum atomic E-state index is 12.2. The zero-order chi connectivity index (χ0) is 14.8. The van der Waals surface area contributed by atoms with Crippen LogP contribution in [0.2, 0.25) is 5.15 Å². The molecule has 2 aromatic rings. The monoisotopic (exact) mass is 325 g/mol. The van der Waals surface area contributed by atoms with Crippen LogP contribution in [0, 0.1) is 5.92 Å². The molecule has 3 heterocycles. The van der Waals surface area contributed by atoms with Gasteiger partial charge >= 0.3 is 0 Å². The summed E-state index contributed by atoms with van der Waals surface area (Å²) >= 11 is 7.59. The molecule has 1 aliphatic heterocycles. The Hall–Kier alpha value is -1.37. The first-order valence-corrected chi connectivity index (χ1v) is 8.13. The van der Waals surface area contributed by atoms with E-state index in [1.165, 1.54) is 11.3 Å². The van der Waals surface area contributed by atoms with E-state index in [0.717, 1.165) is 36.6 Å². The lowest BCUT2D eigenvalue weighted by molar-refractivity contribution is -0.125. The highest BCUT2D eigenvalue weighted by molar-refractivity contribution is 7.15. The van der Waals surface area contributed by atoms with E-state index in [1.54, 1.807) is 12.2 Å². The predicted octanol–water partition coefficient (Wildman–Crippen LogP) is 2.29. The molecular formula is C14H16ClN3O2S. The van der Waals surface area contributed by atoms with Crippen LogP contribution in [-0.4, -0.2) is 45.0 Å². The molecule has 5 nitrogen and oxygen atoms in total. The number of carbonyl (C=O) groups is 1. The van der Waals surface area contributed by atoms with Gasteiger partial charge in [-0.05, 0) is 24.8 Å². The number of aliphatic hydroxyl groups is 1. The van der Waals surface area contributed by atoms with Crippen molar-refractivity contribution in [3.8, 4) is 0 Å².